The van der Waals surface area contributed by atoms with Crippen molar-refractivity contribution >= 4 is 44.2 Å². The summed E-state index contributed by atoms with van der Waals surface area (Å²) in [5.41, 5.74) is 0. The predicted octanol–water partition coefficient (Wildman–Crippen LogP) is 7.87. The first kappa shape index (κ1) is 36.7. The summed E-state index contributed by atoms with van der Waals surface area (Å²) >= 11 is 6.38. The predicted molar refractivity (Wildman–Crippen MR) is 164 cm³/mol. The third-order valence-corrected chi connectivity index (χ3v) is 11.5. The van der Waals surface area contributed by atoms with E-state index in [0.29, 0.717) is 17.1 Å². The molecule has 0 aliphatic carbocycles. The second-order valence-electron chi connectivity index (χ2n) is 10.1. The molecule has 40 heavy (non-hydrogen) atoms. The molecule has 0 aromatic heterocycles. The highest BCUT2D eigenvalue weighted by Gasteiger charge is 2.30. The van der Waals surface area contributed by atoms with Gasteiger partial charge in [-0.1, -0.05) is 106 Å². The molecule has 1 atom stereocenters. The monoisotopic (exact) mass is 623 g/mol. The Bertz CT molecular complexity index is 991. The zero-order valence-electron chi connectivity index (χ0n) is 24.8. The van der Waals surface area contributed by atoms with Crippen LogP contribution in [-0.2, 0) is 27.8 Å². The van der Waals surface area contributed by atoms with Crippen LogP contribution in [0.5, 0.6) is 5.75 Å². The number of hydrogen-bond donors (Lipinski definition) is 1. The number of unbranched alkanes of at least 4 members (excludes halogenated alkanes) is 11. The van der Waals surface area contributed by atoms with Gasteiger partial charge in [-0.05, 0) is 44.2 Å². The molecule has 0 heterocycles. The molecule has 1 amide bonds. The summed E-state index contributed by atoms with van der Waals surface area (Å²) in [5.74, 6) is -0.202. The van der Waals surface area contributed by atoms with Crippen LogP contribution in [0.15, 0.2) is 23.1 Å². The number of benzene rings is 1. The number of nitrogens with one attached hydrogen (secondary N) is 1. The van der Waals surface area contributed by atoms with Gasteiger partial charge in [-0.3, -0.25) is 4.79 Å². The second kappa shape index (κ2) is 20.5. The molecule has 0 aliphatic heterocycles. The number of ether oxygens (including phenoxy) is 1. The average Bonchev–Trinajstić information content (AvgIpc) is 2.90. The summed E-state index contributed by atoms with van der Waals surface area (Å²) in [6.45, 7) is 5.51. The van der Waals surface area contributed by atoms with Gasteiger partial charge in [0.2, 0.25) is 5.91 Å². The van der Waals surface area contributed by atoms with Crippen molar-refractivity contribution in [2.75, 3.05) is 25.2 Å². The Balaban J connectivity index is 2.46. The SMILES string of the molecule is CCCCCCCCCCCCCC(=O)NCC(=O)Oc1ccc(S(C)(CCCC)OS(=O)(=O)OCC)cc1Cl. The van der Waals surface area contributed by atoms with E-state index in [1.165, 1.54) is 57.4 Å². The molecular weight excluding hydrogens is 574 g/mol. The molecule has 232 valence electrons. The maximum Gasteiger partial charge on any atom is 0.409 e. The van der Waals surface area contributed by atoms with Crippen molar-refractivity contribution in [2.24, 2.45) is 0 Å². The van der Waals surface area contributed by atoms with Crippen LogP contribution < -0.4 is 10.1 Å². The molecule has 0 spiro atoms. The van der Waals surface area contributed by atoms with Crippen molar-refractivity contribution in [3.05, 3.63) is 23.2 Å². The van der Waals surface area contributed by atoms with Gasteiger partial charge in [-0.15, -0.1) is 0 Å². The number of carbonyl (C=O) groups is 2. The van der Waals surface area contributed by atoms with Gasteiger partial charge in [0.1, 0.15) is 12.3 Å². The lowest BCUT2D eigenvalue weighted by Crippen LogP contribution is -2.31. The van der Waals surface area contributed by atoms with Crippen LogP contribution in [0.1, 0.15) is 111 Å². The van der Waals surface area contributed by atoms with Gasteiger partial charge in [0.25, 0.3) is 0 Å². The van der Waals surface area contributed by atoms with Gasteiger partial charge >= 0.3 is 16.4 Å². The van der Waals surface area contributed by atoms with Crippen LogP contribution in [0.2, 0.25) is 5.02 Å². The number of carbonyl (C=O) groups excluding carboxylic acids is 2. The van der Waals surface area contributed by atoms with Crippen LogP contribution in [-0.4, -0.2) is 45.5 Å². The summed E-state index contributed by atoms with van der Waals surface area (Å²) in [7, 11) is -6.44. The molecule has 1 N–H and O–H groups in total. The highest BCUT2D eigenvalue weighted by molar-refractivity contribution is 8.32. The van der Waals surface area contributed by atoms with E-state index in [1.54, 1.807) is 25.3 Å². The molecule has 1 aromatic rings. The van der Waals surface area contributed by atoms with Gasteiger partial charge in [0, 0.05) is 17.1 Å². The normalized spacial score (nSPS) is 13.9. The zero-order chi connectivity index (χ0) is 29.9. The maximum atomic E-state index is 12.3. The van der Waals surface area contributed by atoms with Gasteiger partial charge < -0.3 is 10.1 Å². The first-order valence-corrected chi connectivity index (χ1v) is 18.5. The largest absolute Gasteiger partial charge is 0.424 e. The molecule has 1 aromatic carbocycles. The maximum absolute atomic E-state index is 12.3. The van der Waals surface area contributed by atoms with E-state index in [1.807, 2.05) is 6.92 Å². The molecule has 0 aliphatic rings. The quantitative estimate of drug-likeness (QED) is 0.0750. The summed E-state index contributed by atoms with van der Waals surface area (Å²) < 4.78 is 40.0. The minimum Gasteiger partial charge on any atom is -0.424 e. The number of esters is 1. The molecule has 0 saturated heterocycles. The van der Waals surface area contributed by atoms with Crippen molar-refractivity contribution in [1.29, 1.82) is 0 Å². The molecule has 0 radical (unpaired) electrons. The van der Waals surface area contributed by atoms with Crippen molar-refractivity contribution in [3.63, 3.8) is 0 Å². The van der Waals surface area contributed by atoms with Crippen molar-refractivity contribution in [2.45, 2.75) is 116 Å². The van der Waals surface area contributed by atoms with E-state index in [4.69, 9.17) is 24.2 Å². The summed E-state index contributed by atoms with van der Waals surface area (Å²) in [6.07, 6.45) is 17.0. The Labute approximate surface area is 249 Å². The lowest BCUT2D eigenvalue weighted by molar-refractivity contribution is -0.135. The van der Waals surface area contributed by atoms with Crippen molar-refractivity contribution in [1.82, 2.24) is 5.32 Å². The van der Waals surface area contributed by atoms with Gasteiger partial charge in [0.05, 0.1) is 11.6 Å². The lowest BCUT2D eigenvalue weighted by atomic mass is 10.1. The topological polar surface area (TPSA) is 108 Å². The summed E-state index contributed by atoms with van der Waals surface area (Å²) in [5, 5.41) is 2.75. The fourth-order valence-electron chi connectivity index (χ4n) is 4.16. The van der Waals surface area contributed by atoms with E-state index in [2.05, 4.69) is 12.2 Å². The summed E-state index contributed by atoms with van der Waals surface area (Å²) in [6, 6.07) is 4.71. The van der Waals surface area contributed by atoms with Crippen LogP contribution >= 0.6 is 21.9 Å². The third-order valence-electron chi connectivity index (χ3n) is 6.45. The first-order valence-electron chi connectivity index (χ1n) is 14.7. The second-order valence-corrected chi connectivity index (χ2v) is 15.0. The smallest absolute Gasteiger partial charge is 0.409 e. The standard InChI is InChI=1S/C29H50ClNO7S2/c1-5-8-10-11-12-13-14-15-16-17-18-19-28(32)31-24-29(33)37-27-21-20-25(23-26(27)30)39(4,22-9-6-2)38-40(34,35)36-7-3/h20-21,23H,5-19,22,24H2,1-4H3,(H,31,32). The molecule has 0 bridgehead atoms. The minimum absolute atomic E-state index is 0.0306. The Morgan fingerprint density at radius 1 is 0.850 bits per heavy atom. The number of rotatable bonds is 23. The van der Waals surface area contributed by atoms with Crippen LogP contribution in [0, 0.1) is 0 Å². The number of hydrogen-bond acceptors (Lipinski definition) is 7. The molecule has 0 fully saturated rings. The first-order chi connectivity index (χ1) is 19.1. The Hall–Kier alpha value is -1.33. The fourth-order valence-corrected chi connectivity index (χ4v) is 8.75. The molecule has 0 saturated carbocycles. The molecule has 1 rings (SSSR count). The van der Waals surface area contributed by atoms with Crippen LogP contribution in [0.4, 0.5) is 0 Å². The van der Waals surface area contributed by atoms with Gasteiger partial charge in [-0.25, -0.2) is 8.98 Å². The van der Waals surface area contributed by atoms with E-state index >= 15 is 0 Å². The zero-order valence-corrected chi connectivity index (χ0v) is 27.2. The molecule has 8 nitrogen and oxygen atoms in total. The number of amides is 1. The Kier molecular flexibility index (Phi) is 18.8. The van der Waals surface area contributed by atoms with E-state index in [-0.39, 0.29) is 29.8 Å². The summed E-state index contributed by atoms with van der Waals surface area (Å²) in [4.78, 5) is 25.0. The molecular formula is C29H50ClNO7S2. The Morgan fingerprint density at radius 3 is 1.98 bits per heavy atom. The molecule has 1 unspecified atom stereocenters. The lowest BCUT2D eigenvalue weighted by Gasteiger charge is -2.34. The van der Waals surface area contributed by atoms with Crippen LogP contribution in [0.3, 0.4) is 0 Å². The molecule has 11 heteroatoms. The van der Waals surface area contributed by atoms with Crippen molar-refractivity contribution in [3.8, 4) is 5.75 Å². The van der Waals surface area contributed by atoms with E-state index in [0.717, 1.165) is 32.1 Å². The number of halogens is 1. The van der Waals surface area contributed by atoms with Crippen molar-refractivity contribution < 1.29 is 30.6 Å². The van der Waals surface area contributed by atoms with E-state index < -0.39 is 26.7 Å². The Morgan fingerprint density at radius 2 is 1.43 bits per heavy atom. The minimum atomic E-state index is -4.18. The average molecular weight is 624 g/mol. The highest BCUT2D eigenvalue weighted by Crippen LogP contribution is 2.56. The highest BCUT2D eigenvalue weighted by atomic mass is 35.5. The fraction of sp³-hybridized carbons (Fsp3) is 0.724. The van der Waals surface area contributed by atoms with Crippen LogP contribution in [0.25, 0.3) is 0 Å². The van der Waals surface area contributed by atoms with E-state index in [9.17, 15) is 18.0 Å². The third kappa shape index (κ3) is 15.6. The van der Waals surface area contributed by atoms with Gasteiger partial charge in [0.15, 0.2) is 0 Å². The van der Waals surface area contributed by atoms with Gasteiger partial charge in [-0.2, -0.15) is 12.0 Å².